The summed E-state index contributed by atoms with van der Waals surface area (Å²) in [6.07, 6.45) is 5.68. The average Bonchev–Trinajstić information content (AvgIpc) is 3.02. The van der Waals surface area contributed by atoms with Crippen LogP contribution in [0.1, 0.15) is 18.5 Å². The van der Waals surface area contributed by atoms with Crippen molar-refractivity contribution in [2.75, 3.05) is 26.7 Å². The van der Waals surface area contributed by atoms with E-state index < -0.39 is 0 Å². The Balaban J connectivity index is 1.62. The molecule has 1 aromatic heterocycles. The first-order valence-corrected chi connectivity index (χ1v) is 8.22. The van der Waals surface area contributed by atoms with Crippen molar-refractivity contribution < 1.29 is 9.90 Å². The lowest BCUT2D eigenvalue weighted by Crippen LogP contribution is -2.58. The number of carbonyl (C=O) groups excluding carboxylic acids is 1. The van der Waals surface area contributed by atoms with E-state index in [-0.39, 0.29) is 18.4 Å². The lowest BCUT2D eigenvalue weighted by molar-refractivity contribution is -0.142. The molecule has 1 unspecified atom stereocenters. The van der Waals surface area contributed by atoms with E-state index in [0.717, 1.165) is 32.5 Å². The Morgan fingerprint density at radius 3 is 3.04 bits per heavy atom. The van der Waals surface area contributed by atoms with Gasteiger partial charge in [-0.3, -0.25) is 14.4 Å². The third-order valence-corrected chi connectivity index (χ3v) is 5.12. The molecule has 4 atom stereocenters. The maximum absolute atomic E-state index is 12.6. The first-order valence-electron chi connectivity index (χ1n) is 8.22. The molecule has 2 bridgehead atoms. The monoisotopic (exact) mass is 319 g/mol. The van der Waals surface area contributed by atoms with Crippen LogP contribution >= 0.6 is 0 Å². The van der Waals surface area contributed by atoms with E-state index in [0.29, 0.717) is 24.2 Å². The van der Waals surface area contributed by atoms with Gasteiger partial charge in [-0.15, -0.1) is 11.7 Å². The summed E-state index contributed by atoms with van der Waals surface area (Å²) in [5, 5.41) is 17.1. The number of rotatable bonds is 6. The Bertz CT molecular complexity index is 573. The number of aliphatic hydroxyl groups excluding tert-OH is 1. The first kappa shape index (κ1) is 16.1. The average molecular weight is 319 g/mol. The van der Waals surface area contributed by atoms with Gasteiger partial charge in [-0.05, 0) is 25.3 Å². The van der Waals surface area contributed by atoms with Gasteiger partial charge in [0.25, 0.3) is 0 Å². The predicted octanol–water partition coefficient (Wildman–Crippen LogP) is 0.125. The Morgan fingerprint density at radius 2 is 2.43 bits per heavy atom. The SMILES string of the molecule is C=CCN(C)C(=O)[C@@H]1CN2CC[C@@H]1C[C@@H]2Cn1cc(CO)nn1. The highest BCUT2D eigenvalue weighted by atomic mass is 16.3. The van der Waals surface area contributed by atoms with Crippen molar-refractivity contribution in [2.45, 2.75) is 32.0 Å². The first-order chi connectivity index (χ1) is 11.1. The topological polar surface area (TPSA) is 74.5 Å². The van der Waals surface area contributed by atoms with Crippen molar-refractivity contribution >= 4 is 5.91 Å². The van der Waals surface area contributed by atoms with Crippen molar-refractivity contribution in [3.05, 3.63) is 24.5 Å². The number of piperidine rings is 3. The highest BCUT2D eigenvalue weighted by Gasteiger charge is 2.43. The zero-order chi connectivity index (χ0) is 16.4. The number of carbonyl (C=O) groups is 1. The fraction of sp³-hybridized carbons (Fsp3) is 0.688. The summed E-state index contributed by atoms with van der Waals surface area (Å²) in [4.78, 5) is 16.8. The molecule has 3 fully saturated rings. The zero-order valence-electron chi connectivity index (χ0n) is 13.6. The Hall–Kier alpha value is -1.73. The van der Waals surface area contributed by atoms with Gasteiger partial charge in [0.15, 0.2) is 0 Å². The van der Waals surface area contributed by atoms with Gasteiger partial charge in [0.2, 0.25) is 5.91 Å². The van der Waals surface area contributed by atoms with Gasteiger partial charge in [0, 0.05) is 26.2 Å². The largest absolute Gasteiger partial charge is 0.390 e. The van der Waals surface area contributed by atoms with Crippen LogP contribution in [0.4, 0.5) is 0 Å². The van der Waals surface area contributed by atoms with Gasteiger partial charge >= 0.3 is 0 Å². The second-order valence-electron chi connectivity index (χ2n) is 6.64. The summed E-state index contributed by atoms with van der Waals surface area (Å²) in [6.45, 7) is 6.88. The van der Waals surface area contributed by atoms with Crippen LogP contribution in [0.15, 0.2) is 18.9 Å². The van der Waals surface area contributed by atoms with E-state index in [1.54, 1.807) is 21.9 Å². The standard InChI is InChI=1S/C16H25N5O2/c1-3-5-19(2)16(23)15-10-20-6-4-12(15)7-14(20)9-21-8-13(11-22)17-18-21/h3,8,12,14-15,22H,1,4-7,9-11H2,2H3/t12-,14-,15-/m1/s1. The summed E-state index contributed by atoms with van der Waals surface area (Å²) in [6, 6.07) is 0.399. The van der Waals surface area contributed by atoms with Crippen molar-refractivity contribution in [3.63, 3.8) is 0 Å². The molecule has 1 amide bonds. The fourth-order valence-electron chi connectivity index (χ4n) is 3.89. The van der Waals surface area contributed by atoms with E-state index in [1.165, 1.54) is 0 Å². The molecule has 3 aliphatic heterocycles. The molecule has 3 saturated heterocycles. The maximum Gasteiger partial charge on any atom is 0.227 e. The number of hydrogen-bond donors (Lipinski definition) is 1. The summed E-state index contributed by atoms with van der Waals surface area (Å²) >= 11 is 0. The molecule has 0 saturated carbocycles. The van der Waals surface area contributed by atoms with Gasteiger partial charge in [-0.2, -0.15) is 0 Å². The van der Waals surface area contributed by atoms with Crippen LogP contribution < -0.4 is 0 Å². The molecule has 3 aliphatic rings. The lowest BCUT2D eigenvalue weighted by atomic mass is 9.75. The van der Waals surface area contributed by atoms with Gasteiger partial charge in [-0.1, -0.05) is 11.3 Å². The number of hydrogen-bond acceptors (Lipinski definition) is 5. The molecular formula is C16H25N5O2. The zero-order valence-corrected chi connectivity index (χ0v) is 13.6. The molecule has 7 nitrogen and oxygen atoms in total. The Morgan fingerprint density at radius 1 is 1.61 bits per heavy atom. The minimum Gasteiger partial charge on any atom is -0.390 e. The molecule has 4 heterocycles. The maximum atomic E-state index is 12.6. The van der Waals surface area contributed by atoms with Crippen LogP contribution in [0.2, 0.25) is 0 Å². The van der Waals surface area contributed by atoms with Crippen LogP contribution in [0.3, 0.4) is 0 Å². The Labute approximate surface area is 136 Å². The number of nitrogens with zero attached hydrogens (tertiary/aromatic N) is 5. The second-order valence-corrected chi connectivity index (χ2v) is 6.64. The number of aliphatic hydroxyl groups is 1. The van der Waals surface area contributed by atoms with Crippen molar-refractivity contribution in [2.24, 2.45) is 11.8 Å². The molecule has 4 rings (SSSR count). The molecule has 7 heteroatoms. The van der Waals surface area contributed by atoms with E-state index in [9.17, 15) is 4.79 Å². The number of likely N-dealkylation sites (N-methyl/N-ethyl adjacent to an activating group) is 1. The van der Waals surface area contributed by atoms with E-state index in [1.807, 2.05) is 7.05 Å². The van der Waals surface area contributed by atoms with Crippen LogP contribution in [-0.2, 0) is 17.9 Å². The molecule has 1 aromatic rings. The fourth-order valence-corrected chi connectivity index (χ4v) is 3.89. The van der Waals surface area contributed by atoms with Crippen molar-refractivity contribution in [3.8, 4) is 0 Å². The molecule has 0 spiro atoms. The molecule has 0 aromatic carbocycles. The van der Waals surface area contributed by atoms with Crippen molar-refractivity contribution in [1.29, 1.82) is 0 Å². The molecular weight excluding hydrogens is 294 g/mol. The van der Waals surface area contributed by atoms with Gasteiger partial charge in [0.05, 0.1) is 25.3 Å². The quantitative estimate of drug-likeness (QED) is 0.754. The molecule has 23 heavy (non-hydrogen) atoms. The minimum absolute atomic E-state index is 0.0801. The number of amides is 1. The van der Waals surface area contributed by atoms with Crippen molar-refractivity contribution in [1.82, 2.24) is 24.8 Å². The molecule has 0 radical (unpaired) electrons. The number of aromatic nitrogens is 3. The van der Waals surface area contributed by atoms with E-state index in [2.05, 4.69) is 21.8 Å². The molecule has 126 valence electrons. The third-order valence-electron chi connectivity index (χ3n) is 5.12. The van der Waals surface area contributed by atoms with Gasteiger partial charge in [-0.25, -0.2) is 0 Å². The van der Waals surface area contributed by atoms with E-state index >= 15 is 0 Å². The van der Waals surface area contributed by atoms with Crippen LogP contribution in [0, 0.1) is 11.8 Å². The minimum atomic E-state index is -0.0801. The summed E-state index contributed by atoms with van der Waals surface area (Å²) in [5.41, 5.74) is 0.597. The Kier molecular flexibility index (Phi) is 4.77. The third kappa shape index (κ3) is 3.30. The van der Waals surface area contributed by atoms with Crippen LogP contribution in [0.5, 0.6) is 0 Å². The smallest absolute Gasteiger partial charge is 0.227 e. The van der Waals surface area contributed by atoms with Gasteiger partial charge in [0.1, 0.15) is 5.69 Å². The van der Waals surface area contributed by atoms with E-state index in [4.69, 9.17) is 5.11 Å². The summed E-state index contributed by atoms with van der Waals surface area (Å²) < 4.78 is 1.80. The van der Waals surface area contributed by atoms with Crippen LogP contribution in [-0.4, -0.2) is 68.5 Å². The van der Waals surface area contributed by atoms with Crippen LogP contribution in [0.25, 0.3) is 0 Å². The summed E-state index contributed by atoms with van der Waals surface area (Å²) in [5.74, 6) is 0.792. The lowest BCUT2D eigenvalue weighted by Gasteiger charge is -2.49. The summed E-state index contributed by atoms with van der Waals surface area (Å²) in [7, 11) is 1.85. The highest BCUT2D eigenvalue weighted by Crippen LogP contribution is 2.37. The number of fused-ring (bicyclic) bond motifs is 3. The van der Waals surface area contributed by atoms with Gasteiger partial charge < -0.3 is 10.0 Å². The second kappa shape index (κ2) is 6.80. The molecule has 1 N–H and O–H groups in total. The highest BCUT2D eigenvalue weighted by molar-refractivity contribution is 5.79. The molecule has 0 aliphatic carbocycles. The predicted molar refractivity (Wildman–Crippen MR) is 85.4 cm³/mol. The normalized spacial score (nSPS) is 29.5.